The van der Waals surface area contributed by atoms with Gasteiger partial charge >= 0.3 is 7.12 Å². The number of hydrogen-bond donors (Lipinski definition) is 1. The molecule has 1 fully saturated rings. The number of sulfonamides is 2. The van der Waals surface area contributed by atoms with Gasteiger partial charge in [-0.25, -0.2) is 16.8 Å². The average Bonchev–Trinajstić information content (AvgIpc) is 3.40. The van der Waals surface area contributed by atoms with Crippen LogP contribution in [0.2, 0.25) is 0 Å². The normalized spacial score (nSPS) is 14.0. The second-order valence-electron chi connectivity index (χ2n) is 15.9. The van der Waals surface area contributed by atoms with Gasteiger partial charge in [0.15, 0.2) is 0 Å². The molecule has 1 aliphatic heterocycles. The molecule has 1 N–H and O–H groups in total. The van der Waals surface area contributed by atoms with Gasteiger partial charge in [-0.05, 0) is 63.0 Å². The van der Waals surface area contributed by atoms with Crippen LogP contribution in [0.1, 0.15) is 33.3 Å². The van der Waals surface area contributed by atoms with Crippen molar-refractivity contribution >= 4 is 173 Å². The third-order valence-corrected chi connectivity index (χ3v) is 12.2. The zero-order chi connectivity index (χ0) is 45.5. The Morgan fingerprint density at radius 3 is 1.64 bits per heavy atom. The highest BCUT2D eigenvalue weighted by molar-refractivity contribution is 8.12. The SMILES string of the molecule is CC1(C)OB(c2ccc(CN(c3cccc4cccnc34)S(C)(=O)=O)cc2)OC1(C)C.CS(=O)(=O)Nc1cccc2cccnc12.[B][B]B([B])B(B([B])[B])B(B([B])[B])B([B])[B]. The lowest BCUT2D eigenvalue weighted by Crippen LogP contribution is -2.73. The molecule has 17 radical (unpaired) electrons. The van der Waals surface area contributed by atoms with E-state index in [0.717, 1.165) is 28.1 Å². The maximum atomic E-state index is 12.7. The Kier molecular flexibility index (Phi) is 17.5. The van der Waals surface area contributed by atoms with E-state index in [0.29, 0.717) is 22.4 Å². The highest BCUT2D eigenvalue weighted by Crippen LogP contribution is 2.36. The molecule has 0 amide bonds. The van der Waals surface area contributed by atoms with Crippen LogP contribution in [0.4, 0.5) is 11.4 Å². The summed E-state index contributed by atoms with van der Waals surface area (Å²) in [6.07, 6.45) is 1.87. The minimum absolute atomic E-state index is 0.207. The first-order chi connectivity index (χ1) is 28.4. The van der Waals surface area contributed by atoms with Crippen LogP contribution in [0.5, 0.6) is 0 Å². The number of nitrogens with zero attached hydrogens (tertiary/aromatic N) is 3. The number of benzene rings is 3. The molecule has 0 atom stereocenters. The summed E-state index contributed by atoms with van der Waals surface area (Å²) in [5, 5.41) is 1.80. The van der Waals surface area contributed by atoms with Crippen molar-refractivity contribution in [3.8, 4) is 0 Å². The standard InChI is InChI=1S/C23H27BN2O4S.C10H10N2O2S.B15/c1-22(2)23(3,4)30-24(29-22)19-13-11-17(12-14-19)16-26(31(5,27)28)20-10-6-8-18-9-7-15-25-21(18)20;1-15(13,14)12-9-6-2-4-8-5-3-7-11-10(8)9;1-9-13(8)15(12(6)7)14(10(2)3)11(4)5/h6-15H,16H2,1-5H3;2-7,12H,1H3;. The molecule has 0 unspecified atom stereocenters. The van der Waals surface area contributed by atoms with E-state index in [1.807, 2.05) is 94.4 Å². The summed E-state index contributed by atoms with van der Waals surface area (Å²) < 4.78 is 63.6. The fourth-order valence-corrected chi connectivity index (χ4v) is 8.10. The molecule has 1 saturated heterocycles. The zero-order valence-corrected chi connectivity index (χ0v) is 36.9. The van der Waals surface area contributed by atoms with Crippen LogP contribution in [0.25, 0.3) is 21.8 Å². The molecule has 0 aliphatic carbocycles. The van der Waals surface area contributed by atoms with E-state index in [9.17, 15) is 16.8 Å². The molecule has 3 heterocycles. The summed E-state index contributed by atoms with van der Waals surface area (Å²) in [6, 6.07) is 26.1. The number of pyridine rings is 2. The van der Waals surface area contributed by atoms with Gasteiger partial charge < -0.3 is 9.31 Å². The van der Waals surface area contributed by atoms with E-state index in [4.69, 9.17) is 71.2 Å². The molecule has 28 heteroatoms. The summed E-state index contributed by atoms with van der Waals surface area (Å²) in [4.78, 5) is 8.55. The van der Waals surface area contributed by atoms with E-state index < -0.39 is 76.7 Å². The molecule has 2 aromatic heterocycles. The molecule has 1 aliphatic rings. The molecule has 0 spiro atoms. The lowest BCUT2D eigenvalue weighted by molar-refractivity contribution is 0.00578. The van der Waals surface area contributed by atoms with E-state index >= 15 is 0 Å². The van der Waals surface area contributed by atoms with Crippen LogP contribution < -0.4 is 14.5 Å². The fourth-order valence-electron chi connectivity index (χ4n) is 6.65. The number of aromatic nitrogens is 2. The van der Waals surface area contributed by atoms with Crippen LogP contribution >= 0.6 is 0 Å². The first-order valence-corrected chi connectivity index (χ1v) is 23.0. The van der Waals surface area contributed by atoms with Gasteiger partial charge in [-0.1, -0.05) is 60.7 Å². The summed E-state index contributed by atoms with van der Waals surface area (Å²) in [5.74, 6) is 0. The van der Waals surface area contributed by atoms with Crippen LogP contribution in [-0.2, 0) is 35.9 Å². The number of rotatable bonds is 13. The molecule has 285 valence electrons. The first-order valence-electron chi connectivity index (χ1n) is 19.3. The van der Waals surface area contributed by atoms with Crippen molar-refractivity contribution in [3.05, 3.63) is 103 Å². The van der Waals surface area contributed by atoms with Crippen LogP contribution in [0.15, 0.2) is 97.3 Å². The number of anilines is 2. The second kappa shape index (κ2) is 21.1. The highest BCUT2D eigenvalue weighted by atomic mass is 32.2. The molecule has 0 bridgehead atoms. The van der Waals surface area contributed by atoms with Crippen molar-refractivity contribution in [2.45, 2.75) is 45.4 Å². The molecule has 10 nitrogen and oxygen atoms in total. The first kappa shape index (κ1) is 50.6. The fraction of sp³-hybridized carbons (Fsp3) is 0.273. The largest absolute Gasteiger partial charge is 0.494 e. The predicted molar refractivity (Wildman–Crippen MR) is 271 cm³/mol. The van der Waals surface area contributed by atoms with Crippen molar-refractivity contribution in [2.24, 2.45) is 0 Å². The highest BCUT2D eigenvalue weighted by Gasteiger charge is 2.51. The molecule has 0 saturated carbocycles. The van der Waals surface area contributed by atoms with Gasteiger partial charge in [0.1, 0.15) is 0 Å². The average molecular weight is 823 g/mol. The quantitative estimate of drug-likeness (QED) is 0.156. The maximum Gasteiger partial charge on any atom is 0.494 e. The molecule has 5 aromatic rings. The Morgan fingerprint density at radius 2 is 1.16 bits per heavy atom. The van der Waals surface area contributed by atoms with E-state index in [-0.39, 0.29) is 6.54 Å². The maximum absolute atomic E-state index is 12.7. The van der Waals surface area contributed by atoms with E-state index in [2.05, 4.69) is 14.7 Å². The Balaban J connectivity index is 0.000000229. The molecule has 3 aromatic carbocycles. The Hall–Kier alpha value is -3.06. The molecule has 6 rings (SSSR count). The minimum Gasteiger partial charge on any atom is -0.399 e. The van der Waals surface area contributed by atoms with Crippen LogP contribution in [0.3, 0.4) is 0 Å². The lowest BCUT2D eigenvalue weighted by Gasteiger charge is -2.35. The monoisotopic (exact) mass is 825 g/mol. The third-order valence-electron chi connectivity index (χ3n) is 10.5. The Labute approximate surface area is 376 Å². The number of fused-ring (bicyclic) bond motifs is 2. The number of para-hydroxylation sites is 2. The summed E-state index contributed by atoms with van der Waals surface area (Å²) in [5.41, 5.74) is 3.33. The van der Waals surface area contributed by atoms with Crippen LogP contribution in [0, 0.1) is 0 Å². The van der Waals surface area contributed by atoms with Crippen molar-refractivity contribution in [1.82, 2.24) is 9.97 Å². The van der Waals surface area contributed by atoms with Gasteiger partial charge in [0, 0.05) is 130 Å². The number of hydrogen-bond acceptors (Lipinski definition) is 8. The van der Waals surface area contributed by atoms with Crippen molar-refractivity contribution in [2.75, 3.05) is 21.5 Å². The summed E-state index contributed by atoms with van der Waals surface area (Å²) in [6.45, 7) is 8.28. The van der Waals surface area contributed by atoms with Gasteiger partial charge in [-0.3, -0.25) is 19.0 Å². The van der Waals surface area contributed by atoms with E-state index in [1.54, 1.807) is 30.6 Å². The molecular formula is C33H37B16N4O6S2. The molecule has 61 heavy (non-hydrogen) atoms. The second-order valence-corrected chi connectivity index (χ2v) is 19.5. The smallest absolute Gasteiger partial charge is 0.399 e. The summed E-state index contributed by atoms with van der Waals surface area (Å²) >= 11 is 0. The topological polar surface area (TPSA) is 128 Å². The van der Waals surface area contributed by atoms with Crippen molar-refractivity contribution in [3.63, 3.8) is 0 Å². The lowest BCUT2D eigenvalue weighted by atomic mass is 8.46. The van der Waals surface area contributed by atoms with Gasteiger partial charge in [-0.15, -0.1) is 0 Å². The van der Waals surface area contributed by atoms with Crippen LogP contribution in [-0.4, -0.2) is 165 Å². The Morgan fingerprint density at radius 1 is 0.689 bits per heavy atom. The van der Waals surface area contributed by atoms with Crippen molar-refractivity contribution < 1.29 is 26.1 Å². The zero-order valence-electron chi connectivity index (χ0n) is 35.3. The minimum atomic E-state index is -3.52. The van der Waals surface area contributed by atoms with E-state index in [1.165, 1.54) is 17.6 Å². The Bertz CT molecular complexity index is 2430. The van der Waals surface area contributed by atoms with Gasteiger partial charge in [0.2, 0.25) is 20.0 Å². The third kappa shape index (κ3) is 13.5. The van der Waals surface area contributed by atoms with Gasteiger partial charge in [-0.2, -0.15) is 0 Å². The summed E-state index contributed by atoms with van der Waals surface area (Å²) in [7, 11) is 38.5. The number of nitrogens with one attached hydrogen (secondary N) is 1. The van der Waals surface area contributed by atoms with Gasteiger partial charge in [0.25, 0.3) is 0 Å². The van der Waals surface area contributed by atoms with Crippen molar-refractivity contribution in [1.29, 1.82) is 0 Å². The molecular weight excluding hydrogens is 786 g/mol. The predicted octanol–water partition coefficient (Wildman–Crippen LogP) is -0.605. The van der Waals surface area contributed by atoms with Gasteiger partial charge in [0.05, 0.1) is 52.7 Å².